The Morgan fingerprint density at radius 1 is 1.45 bits per heavy atom. The van der Waals surface area contributed by atoms with Gasteiger partial charge in [-0.05, 0) is 33.6 Å². The molecule has 2 aromatic rings. The first-order valence-electron chi connectivity index (χ1n) is 5.78. The van der Waals surface area contributed by atoms with E-state index in [1.54, 1.807) is 36.1 Å². The highest BCUT2D eigenvalue weighted by Crippen LogP contribution is 2.28. The van der Waals surface area contributed by atoms with Gasteiger partial charge >= 0.3 is 0 Å². The molecule has 1 heterocycles. The fraction of sp³-hybridized carbons (Fsp3) is 0.250. The summed E-state index contributed by atoms with van der Waals surface area (Å²) in [5, 5.41) is 4.14. The number of halogens is 1. The van der Waals surface area contributed by atoms with E-state index in [0.717, 1.165) is 15.7 Å². The van der Waals surface area contributed by atoms with Crippen molar-refractivity contribution in [2.45, 2.75) is 10.9 Å². The zero-order chi connectivity index (χ0) is 14.9. The topological polar surface area (TPSA) is 90.0 Å². The van der Waals surface area contributed by atoms with Crippen LogP contribution in [0.2, 0.25) is 0 Å². The first kappa shape index (κ1) is 15.2. The largest absolute Gasteiger partial charge is 0.271 e. The first-order chi connectivity index (χ1) is 9.34. The number of aromatic nitrogens is 2. The molecular formula is C12H15BrN4O2S. The molecule has 0 saturated carbocycles. The summed E-state index contributed by atoms with van der Waals surface area (Å²) in [6.45, 7) is 0. The van der Waals surface area contributed by atoms with E-state index < -0.39 is 9.84 Å². The van der Waals surface area contributed by atoms with Gasteiger partial charge in [0.25, 0.3) is 0 Å². The second-order valence-electron chi connectivity index (χ2n) is 4.45. The number of hydrogen-bond donors (Lipinski definition) is 2. The maximum absolute atomic E-state index is 11.6. The van der Waals surface area contributed by atoms with Crippen LogP contribution in [0.4, 0.5) is 0 Å². The van der Waals surface area contributed by atoms with Crippen LogP contribution in [0.1, 0.15) is 17.3 Å². The normalized spacial score (nSPS) is 13.4. The van der Waals surface area contributed by atoms with Crippen molar-refractivity contribution < 1.29 is 8.42 Å². The van der Waals surface area contributed by atoms with E-state index in [4.69, 9.17) is 5.84 Å². The van der Waals surface area contributed by atoms with Crippen LogP contribution >= 0.6 is 15.9 Å². The van der Waals surface area contributed by atoms with Gasteiger partial charge in [-0.15, -0.1) is 0 Å². The van der Waals surface area contributed by atoms with Gasteiger partial charge in [0.15, 0.2) is 9.84 Å². The van der Waals surface area contributed by atoms with Crippen molar-refractivity contribution in [2.24, 2.45) is 12.9 Å². The van der Waals surface area contributed by atoms with Crippen molar-refractivity contribution in [1.29, 1.82) is 0 Å². The SMILES string of the molecule is Cn1ncc(Br)c1C(NN)c1cccc(S(C)(=O)=O)c1. The smallest absolute Gasteiger partial charge is 0.175 e. The van der Waals surface area contributed by atoms with E-state index in [9.17, 15) is 8.42 Å². The molecule has 0 bridgehead atoms. The van der Waals surface area contributed by atoms with Gasteiger partial charge in [0.2, 0.25) is 0 Å². The van der Waals surface area contributed by atoms with Crippen LogP contribution in [0.15, 0.2) is 39.8 Å². The van der Waals surface area contributed by atoms with Crippen LogP contribution in [-0.2, 0) is 16.9 Å². The number of sulfone groups is 1. The fourth-order valence-corrected chi connectivity index (χ4v) is 3.26. The van der Waals surface area contributed by atoms with Crippen molar-refractivity contribution in [3.05, 3.63) is 46.2 Å². The van der Waals surface area contributed by atoms with E-state index in [2.05, 4.69) is 26.5 Å². The lowest BCUT2D eigenvalue weighted by Crippen LogP contribution is -2.30. The predicted molar refractivity (Wildman–Crippen MR) is 79.6 cm³/mol. The molecule has 3 N–H and O–H groups in total. The second kappa shape index (κ2) is 5.65. The third-order valence-corrected chi connectivity index (χ3v) is 4.72. The number of rotatable bonds is 4. The molecule has 1 atom stereocenters. The Kier molecular flexibility index (Phi) is 4.28. The summed E-state index contributed by atoms with van der Waals surface area (Å²) in [5.41, 5.74) is 4.26. The summed E-state index contributed by atoms with van der Waals surface area (Å²) < 4.78 is 25.8. The fourth-order valence-electron chi connectivity index (χ4n) is 2.00. The Bertz CT molecular complexity index is 707. The van der Waals surface area contributed by atoms with Gasteiger partial charge < -0.3 is 0 Å². The maximum atomic E-state index is 11.6. The van der Waals surface area contributed by atoms with E-state index >= 15 is 0 Å². The van der Waals surface area contributed by atoms with Crippen molar-refractivity contribution in [3.63, 3.8) is 0 Å². The standard InChI is InChI=1S/C12H15BrN4O2S/c1-17-12(10(13)7-15-17)11(16-14)8-4-3-5-9(6-8)20(2,18)19/h3-7,11,16H,14H2,1-2H3. The van der Waals surface area contributed by atoms with Gasteiger partial charge in [0, 0.05) is 13.3 Å². The Morgan fingerprint density at radius 3 is 2.65 bits per heavy atom. The Labute approximate surface area is 126 Å². The quantitative estimate of drug-likeness (QED) is 0.631. The van der Waals surface area contributed by atoms with Gasteiger partial charge in [0.05, 0.1) is 27.3 Å². The van der Waals surface area contributed by atoms with Crippen LogP contribution in [0, 0.1) is 0 Å². The molecule has 0 saturated heterocycles. The molecule has 20 heavy (non-hydrogen) atoms. The minimum Gasteiger partial charge on any atom is -0.271 e. The highest BCUT2D eigenvalue weighted by atomic mass is 79.9. The maximum Gasteiger partial charge on any atom is 0.175 e. The van der Waals surface area contributed by atoms with Crippen LogP contribution in [-0.4, -0.2) is 24.5 Å². The third kappa shape index (κ3) is 2.93. The lowest BCUT2D eigenvalue weighted by atomic mass is 10.0. The average Bonchev–Trinajstić information content (AvgIpc) is 2.71. The Balaban J connectivity index is 2.54. The lowest BCUT2D eigenvalue weighted by Gasteiger charge is -2.18. The number of nitrogens with two attached hydrogens (primary N) is 1. The zero-order valence-corrected chi connectivity index (χ0v) is 13.4. The number of hydrazine groups is 1. The van der Waals surface area contributed by atoms with E-state index in [-0.39, 0.29) is 10.9 Å². The predicted octanol–water partition coefficient (Wildman–Crippen LogP) is 1.14. The molecule has 1 unspecified atom stereocenters. The summed E-state index contributed by atoms with van der Waals surface area (Å²) in [4.78, 5) is 0.258. The number of nitrogens with zero attached hydrogens (tertiary/aromatic N) is 2. The zero-order valence-electron chi connectivity index (χ0n) is 11.0. The molecule has 1 aromatic carbocycles. The van der Waals surface area contributed by atoms with Gasteiger partial charge in [-0.25, -0.2) is 13.8 Å². The van der Waals surface area contributed by atoms with Crippen LogP contribution in [0.25, 0.3) is 0 Å². The minimum absolute atomic E-state index is 0.258. The molecule has 0 radical (unpaired) electrons. The molecule has 108 valence electrons. The summed E-state index contributed by atoms with van der Waals surface area (Å²) in [6.07, 6.45) is 2.84. The minimum atomic E-state index is -3.26. The van der Waals surface area contributed by atoms with Crippen molar-refractivity contribution >= 4 is 25.8 Å². The first-order valence-corrected chi connectivity index (χ1v) is 8.46. The number of aryl methyl sites for hydroxylation is 1. The van der Waals surface area contributed by atoms with Crippen molar-refractivity contribution in [2.75, 3.05) is 6.26 Å². The molecule has 6 nitrogen and oxygen atoms in total. The third-order valence-electron chi connectivity index (χ3n) is 3.00. The van der Waals surface area contributed by atoms with Gasteiger partial charge in [0.1, 0.15) is 0 Å². The van der Waals surface area contributed by atoms with E-state index in [0.29, 0.717) is 0 Å². The summed E-state index contributed by atoms with van der Waals surface area (Å²) in [6, 6.07) is 6.32. The van der Waals surface area contributed by atoms with Crippen molar-refractivity contribution in [1.82, 2.24) is 15.2 Å². The molecule has 0 aliphatic carbocycles. The van der Waals surface area contributed by atoms with Gasteiger partial charge in [-0.2, -0.15) is 5.10 Å². The van der Waals surface area contributed by atoms with Crippen LogP contribution < -0.4 is 11.3 Å². The van der Waals surface area contributed by atoms with Gasteiger partial charge in [-0.3, -0.25) is 10.5 Å². The monoisotopic (exact) mass is 358 g/mol. The average molecular weight is 359 g/mol. The Morgan fingerprint density at radius 2 is 2.15 bits per heavy atom. The second-order valence-corrected chi connectivity index (χ2v) is 7.32. The molecule has 0 aliphatic rings. The van der Waals surface area contributed by atoms with Crippen LogP contribution in [0.5, 0.6) is 0 Å². The van der Waals surface area contributed by atoms with E-state index in [1.807, 2.05) is 6.07 Å². The number of benzene rings is 1. The van der Waals surface area contributed by atoms with Crippen molar-refractivity contribution in [3.8, 4) is 0 Å². The summed E-state index contributed by atoms with van der Waals surface area (Å²) >= 11 is 3.42. The molecular weight excluding hydrogens is 344 g/mol. The van der Waals surface area contributed by atoms with Gasteiger partial charge in [-0.1, -0.05) is 12.1 Å². The van der Waals surface area contributed by atoms with E-state index in [1.165, 1.54) is 6.26 Å². The summed E-state index contributed by atoms with van der Waals surface area (Å²) in [5.74, 6) is 5.63. The molecule has 0 fully saturated rings. The molecule has 2 rings (SSSR count). The van der Waals surface area contributed by atoms with Crippen LogP contribution in [0.3, 0.4) is 0 Å². The summed E-state index contributed by atoms with van der Waals surface area (Å²) in [7, 11) is -1.46. The lowest BCUT2D eigenvalue weighted by molar-refractivity contribution is 0.571. The Hall–Kier alpha value is -1.22. The molecule has 0 aliphatic heterocycles. The molecule has 0 amide bonds. The highest BCUT2D eigenvalue weighted by Gasteiger charge is 2.21. The number of hydrogen-bond acceptors (Lipinski definition) is 5. The highest BCUT2D eigenvalue weighted by molar-refractivity contribution is 9.10. The number of nitrogens with one attached hydrogen (secondary N) is 1. The molecule has 8 heteroatoms. The molecule has 1 aromatic heterocycles. The molecule has 0 spiro atoms.